The molecule has 1 aliphatic rings. The van der Waals surface area contributed by atoms with Crippen molar-refractivity contribution in [1.29, 1.82) is 5.26 Å². The van der Waals surface area contributed by atoms with Crippen LogP contribution in [-0.2, 0) is 6.54 Å². The number of nitrogens with two attached hydrogens (primary N) is 1. The molecule has 0 amide bonds. The summed E-state index contributed by atoms with van der Waals surface area (Å²) < 4.78 is 18.5. The molecule has 0 spiro atoms. The standard InChI is InChI=1S/C26H25N3O4/c1-4-32-20-11-10-18(13-21(20)31-3)23-19(14-27)25(28)33-22-12-16(2)29(26(30)24(22)23)15-17-8-6-5-7-9-17/h5-13,23H,4,15,28H2,1-3H3/t23-/m1/s1. The number of aryl methyl sites for hydroxylation is 1. The lowest BCUT2D eigenvalue weighted by molar-refractivity contribution is 0.310. The highest BCUT2D eigenvalue weighted by Crippen LogP contribution is 2.42. The van der Waals surface area contributed by atoms with E-state index in [9.17, 15) is 10.1 Å². The van der Waals surface area contributed by atoms with Crippen molar-refractivity contribution in [3.8, 4) is 23.3 Å². The number of fused-ring (bicyclic) bond motifs is 1. The zero-order chi connectivity index (χ0) is 23.5. The zero-order valence-corrected chi connectivity index (χ0v) is 18.8. The van der Waals surface area contributed by atoms with E-state index in [-0.39, 0.29) is 17.0 Å². The summed E-state index contributed by atoms with van der Waals surface area (Å²) in [7, 11) is 1.55. The minimum absolute atomic E-state index is 0.0116. The van der Waals surface area contributed by atoms with Crippen LogP contribution in [-0.4, -0.2) is 18.3 Å². The van der Waals surface area contributed by atoms with E-state index in [4.69, 9.17) is 19.9 Å². The molecule has 1 aliphatic heterocycles. The summed E-state index contributed by atoms with van der Waals surface area (Å²) in [6.45, 7) is 4.62. The van der Waals surface area contributed by atoms with Gasteiger partial charge in [0.25, 0.3) is 5.56 Å². The van der Waals surface area contributed by atoms with Gasteiger partial charge in [0.15, 0.2) is 11.5 Å². The van der Waals surface area contributed by atoms with Gasteiger partial charge in [-0.3, -0.25) is 4.79 Å². The minimum Gasteiger partial charge on any atom is -0.493 e. The molecule has 168 valence electrons. The normalized spacial score (nSPS) is 14.8. The number of benzene rings is 2. The van der Waals surface area contributed by atoms with Crippen LogP contribution in [0.4, 0.5) is 0 Å². The number of hydrogen-bond donors (Lipinski definition) is 1. The molecular weight excluding hydrogens is 418 g/mol. The second kappa shape index (κ2) is 9.13. The summed E-state index contributed by atoms with van der Waals surface area (Å²) in [5.41, 5.74) is 8.85. The van der Waals surface area contributed by atoms with Crippen LogP contribution in [0, 0.1) is 18.3 Å². The molecule has 7 heteroatoms. The number of nitrogens with zero attached hydrogens (tertiary/aromatic N) is 2. The SMILES string of the molecule is CCOc1ccc([C@@H]2C(C#N)=C(N)Oc3cc(C)n(Cc4ccccc4)c(=O)c32)cc1OC. The maximum Gasteiger partial charge on any atom is 0.259 e. The van der Waals surface area contributed by atoms with Crippen molar-refractivity contribution in [3.63, 3.8) is 0 Å². The monoisotopic (exact) mass is 443 g/mol. The van der Waals surface area contributed by atoms with Gasteiger partial charge in [-0.15, -0.1) is 0 Å². The van der Waals surface area contributed by atoms with Crippen LogP contribution in [0.2, 0.25) is 0 Å². The first-order valence-corrected chi connectivity index (χ1v) is 10.6. The van der Waals surface area contributed by atoms with Crippen molar-refractivity contribution in [2.24, 2.45) is 5.73 Å². The molecule has 33 heavy (non-hydrogen) atoms. The van der Waals surface area contributed by atoms with Crippen LogP contribution in [0.3, 0.4) is 0 Å². The number of pyridine rings is 1. The van der Waals surface area contributed by atoms with E-state index >= 15 is 0 Å². The van der Waals surface area contributed by atoms with Gasteiger partial charge in [0.05, 0.1) is 31.7 Å². The van der Waals surface area contributed by atoms with E-state index in [0.717, 1.165) is 11.3 Å². The van der Waals surface area contributed by atoms with Gasteiger partial charge in [0.1, 0.15) is 17.4 Å². The highest BCUT2D eigenvalue weighted by molar-refractivity contribution is 5.57. The van der Waals surface area contributed by atoms with Crippen molar-refractivity contribution in [2.45, 2.75) is 26.3 Å². The van der Waals surface area contributed by atoms with E-state index in [1.165, 1.54) is 0 Å². The van der Waals surface area contributed by atoms with Crippen molar-refractivity contribution in [1.82, 2.24) is 4.57 Å². The van der Waals surface area contributed by atoms with E-state index in [0.29, 0.717) is 41.5 Å². The Morgan fingerprint density at radius 1 is 1.15 bits per heavy atom. The first kappa shape index (κ1) is 22.0. The molecule has 2 heterocycles. The summed E-state index contributed by atoms with van der Waals surface area (Å²) in [6, 6.07) is 19.0. The van der Waals surface area contributed by atoms with Gasteiger partial charge in [-0.2, -0.15) is 5.26 Å². The molecule has 7 nitrogen and oxygen atoms in total. The highest BCUT2D eigenvalue weighted by atomic mass is 16.5. The average molecular weight is 444 g/mol. The number of nitriles is 1. The number of hydrogen-bond acceptors (Lipinski definition) is 6. The lowest BCUT2D eigenvalue weighted by Gasteiger charge is -2.27. The Kier molecular flexibility index (Phi) is 6.09. The number of methoxy groups -OCH3 is 1. The van der Waals surface area contributed by atoms with Crippen LogP contribution < -0.4 is 25.5 Å². The molecule has 0 radical (unpaired) electrons. The van der Waals surface area contributed by atoms with E-state index < -0.39 is 5.92 Å². The average Bonchev–Trinajstić information content (AvgIpc) is 2.82. The van der Waals surface area contributed by atoms with E-state index in [2.05, 4.69) is 6.07 Å². The molecule has 4 rings (SSSR count). The molecule has 0 saturated carbocycles. The Bertz CT molecular complexity index is 1320. The lowest BCUT2D eigenvalue weighted by atomic mass is 9.84. The Morgan fingerprint density at radius 2 is 1.91 bits per heavy atom. The maximum absolute atomic E-state index is 13.8. The third-order valence-electron chi connectivity index (χ3n) is 5.69. The predicted octanol–water partition coefficient (Wildman–Crippen LogP) is 3.83. The molecule has 3 aromatic rings. The van der Waals surface area contributed by atoms with Gasteiger partial charge < -0.3 is 24.5 Å². The van der Waals surface area contributed by atoms with Crippen molar-refractivity contribution in [2.75, 3.05) is 13.7 Å². The third-order valence-corrected chi connectivity index (χ3v) is 5.69. The number of rotatable bonds is 6. The summed E-state index contributed by atoms with van der Waals surface area (Å²) in [5, 5.41) is 9.90. The molecule has 0 saturated heterocycles. The quantitative estimate of drug-likeness (QED) is 0.622. The van der Waals surface area contributed by atoms with Gasteiger partial charge in [-0.25, -0.2) is 0 Å². The summed E-state index contributed by atoms with van der Waals surface area (Å²) in [6.07, 6.45) is 0. The molecule has 0 fully saturated rings. The Hall–Kier alpha value is -4.18. The first-order chi connectivity index (χ1) is 16.0. The van der Waals surface area contributed by atoms with Crippen molar-refractivity contribution in [3.05, 3.63) is 98.8 Å². The van der Waals surface area contributed by atoms with Gasteiger partial charge in [-0.1, -0.05) is 36.4 Å². The van der Waals surface area contributed by atoms with Gasteiger partial charge in [0.2, 0.25) is 5.88 Å². The summed E-state index contributed by atoms with van der Waals surface area (Å²) in [5.74, 6) is 0.740. The fourth-order valence-corrected chi connectivity index (χ4v) is 4.12. The highest BCUT2D eigenvalue weighted by Gasteiger charge is 2.34. The first-order valence-electron chi connectivity index (χ1n) is 10.6. The molecule has 0 aliphatic carbocycles. The fraction of sp³-hybridized carbons (Fsp3) is 0.231. The van der Waals surface area contributed by atoms with Crippen LogP contribution in [0.5, 0.6) is 17.2 Å². The second-order valence-electron chi connectivity index (χ2n) is 7.71. The topological polar surface area (TPSA) is 99.5 Å². The molecule has 2 aromatic carbocycles. The smallest absolute Gasteiger partial charge is 0.259 e. The van der Waals surface area contributed by atoms with Crippen LogP contribution >= 0.6 is 0 Å². The number of ether oxygens (including phenoxy) is 3. The minimum atomic E-state index is -0.696. The molecule has 1 aromatic heterocycles. The Morgan fingerprint density at radius 3 is 2.58 bits per heavy atom. The van der Waals surface area contributed by atoms with E-state index in [1.807, 2.05) is 50.2 Å². The van der Waals surface area contributed by atoms with Gasteiger partial charge in [-0.05, 0) is 37.1 Å². The third kappa shape index (κ3) is 4.03. The molecule has 0 bridgehead atoms. The van der Waals surface area contributed by atoms with Gasteiger partial charge in [0, 0.05) is 11.8 Å². The fourth-order valence-electron chi connectivity index (χ4n) is 4.12. The van der Waals surface area contributed by atoms with Crippen molar-refractivity contribution < 1.29 is 14.2 Å². The van der Waals surface area contributed by atoms with Gasteiger partial charge >= 0.3 is 0 Å². The predicted molar refractivity (Wildman–Crippen MR) is 124 cm³/mol. The summed E-state index contributed by atoms with van der Waals surface area (Å²) >= 11 is 0. The van der Waals surface area contributed by atoms with Crippen LogP contribution in [0.1, 0.15) is 35.2 Å². The molecule has 1 atom stereocenters. The van der Waals surface area contributed by atoms with Crippen LogP contribution in [0.25, 0.3) is 0 Å². The molecular formula is C26H25N3O4. The van der Waals surface area contributed by atoms with E-state index in [1.54, 1.807) is 29.9 Å². The van der Waals surface area contributed by atoms with Crippen molar-refractivity contribution >= 4 is 0 Å². The lowest BCUT2D eigenvalue weighted by Crippen LogP contribution is -2.33. The van der Waals surface area contributed by atoms with Crippen LogP contribution in [0.15, 0.2) is 70.8 Å². The largest absolute Gasteiger partial charge is 0.493 e. The Labute approximate surface area is 192 Å². The summed E-state index contributed by atoms with van der Waals surface area (Å²) in [4.78, 5) is 13.8. The Balaban J connectivity index is 1.91. The second-order valence-corrected chi connectivity index (χ2v) is 7.71. The number of aromatic nitrogens is 1. The molecule has 2 N–H and O–H groups in total. The molecule has 0 unspecified atom stereocenters. The maximum atomic E-state index is 13.8. The number of allylic oxidation sites excluding steroid dienone is 1. The zero-order valence-electron chi connectivity index (χ0n) is 18.8.